The van der Waals surface area contributed by atoms with E-state index < -0.39 is 0 Å². The fourth-order valence-corrected chi connectivity index (χ4v) is 7.43. The third-order valence-electron chi connectivity index (χ3n) is 8.12. The Bertz CT molecular complexity index is 1440. The number of rotatable bonds is 8. The van der Waals surface area contributed by atoms with Gasteiger partial charge in [0.1, 0.15) is 10.5 Å². The third kappa shape index (κ3) is 4.25. The summed E-state index contributed by atoms with van der Waals surface area (Å²) in [7, 11) is 1.83. The SMILES string of the molecule is CCCc1nn(C)c2c(=O)[nH]c(N(Cc3sc(-c4ccccc4)nc3C)CC3CC4CCC3C4)nc12. The summed E-state index contributed by atoms with van der Waals surface area (Å²) < 4.78 is 1.68. The second kappa shape index (κ2) is 9.47. The van der Waals surface area contributed by atoms with Crippen LogP contribution >= 0.6 is 11.3 Å². The number of anilines is 1. The smallest absolute Gasteiger partial charge is 0.278 e. The molecule has 36 heavy (non-hydrogen) atoms. The molecule has 2 saturated carbocycles. The quantitative estimate of drug-likeness (QED) is 0.345. The molecule has 1 N–H and O–H groups in total. The molecule has 0 radical (unpaired) electrons. The number of H-pyrrole nitrogens is 1. The van der Waals surface area contributed by atoms with Crippen molar-refractivity contribution >= 4 is 28.3 Å². The standard InChI is InChI=1S/C28H34N6OS/c1-4-8-22-24-25(33(3)32-22)26(35)31-28(30-24)34(15-21-14-18-11-12-20(21)13-18)16-23-17(2)29-27(36-23)19-9-6-5-7-10-19/h5-7,9-10,18,20-21H,4,8,11-16H2,1-3H3,(H,30,31,35). The Kier molecular flexibility index (Phi) is 6.15. The van der Waals surface area contributed by atoms with Gasteiger partial charge in [-0.05, 0) is 50.4 Å². The minimum Gasteiger partial charge on any atom is -0.337 e. The van der Waals surface area contributed by atoms with Crippen molar-refractivity contribution in [3.05, 3.63) is 57.0 Å². The predicted molar refractivity (Wildman–Crippen MR) is 145 cm³/mol. The topological polar surface area (TPSA) is 79.7 Å². The second-order valence-electron chi connectivity index (χ2n) is 10.6. The van der Waals surface area contributed by atoms with E-state index in [1.807, 2.05) is 13.1 Å². The van der Waals surface area contributed by atoms with Crippen LogP contribution in [-0.2, 0) is 20.0 Å². The van der Waals surface area contributed by atoms with E-state index in [-0.39, 0.29) is 5.56 Å². The van der Waals surface area contributed by atoms with Crippen LogP contribution in [0.2, 0.25) is 0 Å². The Morgan fingerprint density at radius 2 is 2.00 bits per heavy atom. The molecule has 6 rings (SSSR count). The third-order valence-corrected chi connectivity index (χ3v) is 9.31. The molecular formula is C28H34N6OS. The summed E-state index contributed by atoms with van der Waals surface area (Å²) >= 11 is 1.74. The van der Waals surface area contributed by atoms with Crippen molar-refractivity contribution in [1.29, 1.82) is 0 Å². The van der Waals surface area contributed by atoms with Crippen molar-refractivity contribution in [3.63, 3.8) is 0 Å². The molecule has 7 nitrogen and oxygen atoms in total. The van der Waals surface area contributed by atoms with Crippen molar-refractivity contribution in [2.45, 2.75) is 58.9 Å². The van der Waals surface area contributed by atoms with Crippen molar-refractivity contribution in [3.8, 4) is 10.6 Å². The van der Waals surface area contributed by atoms with Crippen LogP contribution in [0.4, 0.5) is 5.95 Å². The van der Waals surface area contributed by atoms with Gasteiger partial charge in [-0.2, -0.15) is 5.10 Å². The molecule has 0 aliphatic heterocycles. The van der Waals surface area contributed by atoms with Crippen LogP contribution in [0.15, 0.2) is 35.1 Å². The summed E-state index contributed by atoms with van der Waals surface area (Å²) in [5.74, 6) is 2.98. The lowest BCUT2D eigenvalue weighted by molar-refractivity contribution is 0.332. The van der Waals surface area contributed by atoms with Crippen molar-refractivity contribution in [2.24, 2.45) is 24.8 Å². The van der Waals surface area contributed by atoms with E-state index >= 15 is 0 Å². The highest BCUT2D eigenvalue weighted by Gasteiger charge is 2.40. The molecule has 2 aliphatic rings. The zero-order valence-electron chi connectivity index (χ0n) is 21.3. The van der Waals surface area contributed by atoms with Crippen molar-refractivity contribution in [1.82, 2.24) is 24.7 Å². The number of hydrogen-bond acceptors (Lipinski definition) is 6. The molecule has 3 aromatic heterocycles. The first-order valence-corrected chi connectivity index (χ1v) is 14.0. The van der Waals surface area contributed by atoms with Crippen molar-refractivity contribution < 1.29 is 0 Å². The highest BCUT2D eigenvalue weighted by Crippen LogP contribution is 2.48. The number of benzene rings is 1. The Morgan fingerprint density at radius 1 is 1.17 bits per heavy atom. The van der Waals surface area contributed by atoms with Gasteiger partial charge < -0.3 is 4.90 Å². The maximum Gasteiger partial charge on any atom is 0.278 e. The first-order valence-electron chi connectivity index (χ1n) is 13.2. The number of fused-ring (bicyclic) bond motifs is 3. The molecule has 0 saturated heterocycles. The molecule has 2 fully saturated rings. The van der Waals surface area contributed by atoms with Crippen LogP contribution < -0.4 is 10.5 Å². The normalized spacial score (nSPS) is 21.0. The Hall–Kier alpha value is -3.00. The molecule has 1 aromatic carbocycles. The number of aryl methyl sites for hydroxylation is 3. The lowest BCUT2D eigenvalue weighted by Crippen LogP contribution is -2.34. The number of nitrogens with zero attached hydrogens (tertiary/aromatic N) is 5. The molecule has 0 spiro atoms. The second-order valence-corrected chi connectivity index (χ2v) is 11.7. The van der Waals surface area contributed by atoms with Crippen LogP contribution in [0, 0.1) is 24.7 Å². The van der Waals surface area contributed by atoms with E-state index in [9.17, 15) is 4.79 Å². The average molecular weight is 503 g/mol. The summed E-state index contributed by atoms with van der Waals surface area (Å²) in [6.07, 6.45) is 7.15. The summed E-state index contributed by atoms with van der Waals surface area (Å²) in [5.41, 5.74) is 4.28. The molecule has 188 valence electrons. The molecule has 4 aromatic rings. The van der Waals surface area contributed by atoms with E-state index in [1.54, 1.807) is 16.0 Å². The molecule has 0 amide bonds. The monoisotopic (exact) mass is 502 g/mol. The van der Waals surface area contributed by atoms with Gasteiger partial charge in [-0.3, -0.25) is 14.5 Å². The first-order chi connectivity index (χ1) is 17.5. The van der Waals surface area contributed by atoms with Gasteiger partial charge in [0, 0.05) is 24.0 Å². The highest BCUT2D eigenvalue weighted by atomic mass is 32.1. The fourth-order valence-electron chi connectivity index (χ4n) is 6.35. The van der Waals surface area contributed by atoms with Gasteiger partial charge in [0.2, 0.25) is 5.95 Å². The summed E-state index contributed by atoms with van der Waals surface area (Å²) in [4.78, 5) is 29.8. The van der Waals surface area contributed by atoms with Gasteiger partial charge in [0.15, 0.2) is 5.52 Å². The molecule has 3 heterocycles. The highest BCUT2D eigenvalue weighted by molar-refractivity contribution is 7.15. The van der Waals surface area contributed by atoms with Gasteiger partial charge >= 0.3 is 0 Å². The average Bonchev–Trinajstić information content (AvgIpc) is 3.64. The van der Waals surface area contributed by atoms with Gasteiger partial charge in [-0.15, -0.1) is 11.3 Å². The maximum atomic E-state index is 13.2. The Morgan fingerprint density at radius 3 is 2.72 bits per heavy atom. The first kappa shape index (κ1) is 23.4. The molecule has 3 atom stereocenters. The van der Waals surface area contributed by atoms with E-state index in [0.29, 0.717) is 23.9 Å². The minimum absolute atomic E-state index is 0.115. The van der Waals surface area contributed by atoms with Gasteiger partial charge in [-0.25, -0.2) is 9.97 Å². The Balaban J connectivity index is 1.38. The minimum atomic E-state index is -0.115. The van der Waals surface area contributed by atoms with Crippen molar-refractivity contribution in [2.75, 3.05) is 11.4 Å². The fraction of sp³-hybridized carbons (Fsp3) is 0.500. The zero-order chi connectivity index (χ0) is 24.8. The Labute approximate surface area is 215 Å². The lowest BCUT2D eigenvalue weighted by atomic mass is 9.88. The maximum absolute atomic E-state index is 13.2. The number of hydrogen-bond donors (Lipinski definition) is 1. The van der Waals surface area contributed by atoms with Crippen LogP contribution in [0.5, 0.6) is 0 Å². The zero-order valence-corrected chi connectivity index (χ0v) is 22.1. The van der Waals surface area contributed by atoms with Crippen LogP contribution in [0.3, 0.4) is 0 Å². The summed E-state index contributed by atoms with van der Waals surface area (Å²) in [5, 5.41) is 5.66. The van der Waals surface area contributed by atoms with E-state index in [1.165, 1.54) is 30.6 Å². The van der Waals surface area contributed by atoms with E-state index in [0.717, 1.165) is 58.7 Å². The molecule has 2 bridgehead atoms. The van der Waals surface area contributed by atoms with Crippen LogP contribution in [-0.4, -0.2) is 31.3 Å². The molecule has 8 heteroatoms. The van der Waals surface area contributed by atoms with Gasteiger partial charge in [0.25, 0.3) is 5.56 Å². The molecular weight excluding hydrogens is 468 g/mol. The summed E-state index contributed by atoms with van der Waals surface area (Å²) in [6.45, 7) is 5.83. The summed E-state index contributed by atoms with van der Waals surface area (Å²) in [6, 6.07) is 10.4. The number of aromatic nitrogens is 5. The van der Waals surface area contributed by atoms with E-state index in [2.05, 4.69) is 53.1 Å². The van der Waals surface area contributed by atoms with Gasteiger partial charge in [-0.1, -0.05) is 50.1 Å². The van der Waals surface area contributed by atoms with Crippen LogP contribution in [0.25, 0.3) is 21.6 Å². The van der Waals surface area contributed by atoms with Gasteiger partial charge in [0.05, 0.1) is 17.9 Å². The number of nitrogens with one attached hydrogen (secondary N) is 1. The number of thiazole rings is 1. The largest absolute Gasteiger partial charge is 0.337 e. The number of aromatic amines is 1. The molecule has 2 aliphatic carbocycles. The molecule has 3 unspecified atom stereocenters. The predicted octanol–water partition coefficient (Wildman–Crippen LogP) is 5.48. The lowest BCUT2D eigenvalue weighted by Gasteiger charge is -2.30. The van der Waals surface area contributed by atoms with Crippen LogP contribution in [0.1, 0.15) is 55.3 Å². The van der Waals surface area contributed by atoms with E-state index in [4.69, 9.17) is 9.97 Å².